The van der Waals surface area contributed by atoms with Crippen LogP contribution in [0.25, 0.3) is 5.57 Å². The minimum absolute atomic E-state index is 0.149. The molecule has 1 aromatic heterocycles. The summed E-state index contributed by atoms with van der Waals surface area (Å²) in [6.45, 7) is 3.19. The minimum atomic E-state index is -1.37. The second-order valence-electron chi connectivity index (χ2n) is 5.15. The number of carbonyl (C=O) groups is 2. The van der Waals surface area contributed by atoms with Crippen molar-refractivity contribution in [2.45, 2.75) is 19.9 Å². The summed E-state index contributed by atoms with van der Waals surface area (Å²) in [6.07, 6.45) is 0. The monoisotopic (exact) mass is 347 g/mol. The van der Waals surface area contributed by atoms with Crippen molar-refractivity contribution in [2.24, 2.45) is 4.99 Å². The molecule has 0 unspecified atom stereocenters. The molecule has 2 heterocycles. The Morgan fingerprint density at radius 2 is 2.17 bits per heavy atom. The number of fused-ring (bicyclic) bond motifs is 1. The van der Waals surface area contributed by atoms with Crippen molar-refractivity contribution in [3.63, 3.8) is 0 Å². The maximum Gasteiger partial charge on any atom is 0.279 e. The molecular formula is C15H11N2O4S2-. The Morgan fingerprint density at radius 1 is 1.48 bits per heavy atom. The zero-order valence-corrected chi connectivity index (χ0v) is 13.8. The molecule has 1 aliphatic heterocycles. The van der Waals surface area contributed by atoms with E-state index in [0.29, 0.717) is 10.6 Å². The summed E-state index contributed by atoms with van der Waals surface area (Å²) < 4.78 is 1.22. The molecule has 0 saturated heterocycles. The first-order chi connectivity index (χ1) is 10.8. The van der Waals surface area contributed by atoms with Gasteiger partial charge in [-0.15, -0.1) is 11.3 Å². The van der Waals surface area contributed by atoms with Gasteiger partial charge in [0.1, 0.15) is 4.88 Å². The third kappa shape index (κ3) is 2.30. The lowest BCUT2D eigenvalue weighted by Crippen LogP contribution is -2.31. The smallest absolute Gasteiger partial charge is 0.279 e. The van der Waals surface area contributed by atoms with Crippen LogP contribution in [0, 0.1) is 10.9 Å². The predicted molar refractivity (Wildman–Crippen MR) is 84.0 cm³/mol. The quantitative estimate of drug-likeness (QED) is 0.787. The van der Waals surface area contributed by atoms with E-state index in [-0.39, 0.29) is 20.3 Å². The zero-order chi connectivity index (χ0) is 16.9. The Morgan fingerprint density at radius 3 is 2.83 bits per heavy atom. The van der Waals surface area contributed by atoms with Gasteiger partial charge in [0.15, 0.2) is 3.95 Å². The van der Waals surface area contributed by atoms with Gasteiger partial charge in [0.2, 0.25) is 5.88 Å². The lowest BCUT2D eigenvalue weighted by molar-refractivity contribution is -0.309. The fourth-order valence-electron chi connectivity index (χ4n) is 2.49. The number of aromatic nitrogens is 1. The topological polar surface area (TPSA) is 94.7 Å². The lowest BCUT2D eigenvalue weighted by Gasteiger charge is -2.15. The van der Waals surface area contributed by atoms with E-state index in [9.17, 15) is 19.8 Å². The molecule has 118 valence electrons. The average molecular weight is 347 g/mol. The highest BCUT2D eigenvalue weighted by Crippen LogP contribution is 2.34. The molecule has 0 spiro atoms. The van der Waals surface area contributed by atoms with Crippen LogP contribution in [-0.4, -0.2) is 21.6 Å². The van der Waals surface area contributed by atoms with E-state index in [1.165, 1.54) is 6.92 Å². The highest BCUT2D eigenvalue weighted by molar-refractivity contribution is 7.73. The van der Waals surface area contributed by atoms with Gasteiger partial charge in [-0.05, 0) is 31.6 Å². The summed E-state index contributed by atoms with van der Waals surface area (Å²) in [5.74, 6) is -2.21. The fourth-order valence-corrected chi connectivity index (χ4v) is 3.99. The summed E-state index contributed by atoms with van der Waals surface area (Å²) in [5, 5.41) is 22.6. The third-order valence-corrected chi connectivity index (χ3v) is 5.12. The number of nitrogens with zero attached hydrogens (tertiary/aromatic N) is 2. The van der Waals surface area contributed by atoms with Crippen molar-refractivity contribution in [2.75, 3.05) is 0 Å². The maximum atomic E-state index is 12.3. The van der Waals surface area contributed by atoms with Crippen LogP contribution in [0.15, 0.2) is 23.2 Å². The van der Waals surface area contributed by atoms with E-state index in [0.717, 1.165) is 21.5 Å². The number of aromatic hydroxyl groups is 1. The first kappa shape index (κ1) is 15.6. The Kier molecular flexibility index (Phi) is 3.65. The van der Waals surface area contributed by atoms with Crippen molar-refractivity contribution < 1.29 is 19.8 Å². The molecule has 3 rings (SSSR count). The molecule has 1 atom stereocenters. The number of carboxylic acids is 1. The number of amides is 1. The molecule has 0 radical (unpaired) electrons. The first-order valence-electron chi connectivity index (χ1n) is 6.71. The average Bonchev–Trinajstić information content (AvgIpc) is 2.96. The molecule has 23 heavy (non-hydrogen) atoms. The number of rotatable bonds is 3. The molecule has 1 aliphatic rings. The van der Waals surface area contributed by atoms with Gasteiger partial charge >= 0.3 is 0 Å². The number of carbonyl (C=O) groups excluding carboxylic acids is 2. The molecule has 1 aromatic carbocycles. The van der Waals surface area contributed by atoms with Gasteiger partial charge in [0.25, 0.3) is 5.91 Å². The van der Waals surface area contributed by atoms with Crippen LogP contribution < -0.4 is 15.7 Å². The van der Waals surface area contributed by atoms with Crippen LogP contribution >= 0.6 is 23.6 Å². The van der Waals surface area contributed by atoms with Crippen LogP contribution in [0.5, 0.6) is 5.88 Å². The van der Waals surface area contributed by atoms with Gasteiger partial charge in [-0.1, -0.05) is 18.2 Å². The fraction of sp³-hybridized carbons (Fsp3) is 0.200. The summed E-state index contributed by atoms with van der Waals surface area (Å²) >= 11 is 6.11. The van der Waals surface area contributed by atoms with Gasteiger partial charge < -0.3 is 15.0 Å². The van der Waals surface area contributed by atoms with Gasteiger partial charge in [-0.2, -0.15) is 0 Å². The predicted octanol–water partition coefficient (Wildman–Crippen LogP) is -0.0372. The van der Waals surface area contributed by atoms with E-state index < -0.39 is 17.9 Å². The number of para-hydroxylation sites is 1. The molecule has 1 N–H and O–H groups in total. The van der Waals surface area contributed by atoms with Crippen molar-refractivity contribution in [1.29, 1.82) is 0 Å². The summed E-state index contributed by atoms with van der Waals surface area (Å²) in [6, 6.07) is 4.22. The highest BCUT2D eigenvalue weighted by Gasteiger charge is 2.27. The van der Waals surface area contributed by atoms with Gasteiger partial charge in [-0.25, -0.2) is 4.99 Å². The number of aryl methyl sites for hydroxylation is 1. The number of thiazole rings is 1. The summed E-state index contributed by atoms with van der Waals surface area (Å²) in [7, 11) is 0. The van der Waals surface area contributed by atoms with E-state index in [1.807, 2.05) is 13.0 Å². The molecule has 1 amide bonds. The van der Waals surface area contributed by atoms with E-state index >= 15 is 0 Å². The lowest BCUT2D eigenvalue weighted by atomic mass is 10.1. The highest BCUT2D eigenvalue weighted by atomic mass is 32.1. The largest absolute Gasteiger partial charge is 0.548 e. The van der Waals surface area contributed by atoms with E-state index in [4.69, 9.17) is 12.2 Å². The van der Waals surface area contributed by atoms with Crippen LogP contribution in [-0.2, 0) is 9.59 Å². The molecule has 0 aliphatic carbocycles. The molecule has 0 fully saturated rings. The van der Waals surface area contributed by atoms with Crippen LogP contribution in [0.2, 0.25) is 0 Å². The Balaban J connectivity index is 2.34. The zero-order valence-electron chi connectivity index (χ0n) is 12.2. The van der Waals surface area contributed by atoms with E-state index in [1.54, 1.807) is 12.1 Å². The number of hydrogen-bond acceptors (Lipinski definition) is 6. The number of carboxylic acid groups (broad SMARTS) is 1. The number of hydrogen-bond donors (Lipinski definition) is 1. The number of aliphatic carboxylic acids is 1. The molecular weight excluding hydrogens is 336 g/mol. The van der Waals surface area contributed by atoms with Gasteiger partial charge in [0, 0.05) is 5.22 Å². The Bertz CT molecular complexity index is 1030. The molecule has 8 heteroatoms. The molecule has 0 bridgehead atoms. The summed E-state index contributed by atoms with van der Waals surface area (Å²) in [4.78, 5) is 27.6. The van der Waals surface area contributed by atoms with Crippen molar-refractivity contribution >= 4 is 41.0 Å². The number of benzene rings is 1. The SMILES string of the molecule is Cc1cccc2c1=NC(=O)C=2c1sc(=S)n([C@H](C)C(=O)[O-])c1O. The van der Waals surface area contributed by atoms with E-state index in [2.05, 4.69) is 4.99 Å². The van der Waals surface area contributed by atoms with Crippen LogP contribution in [0.3, 0.4) is 0 Å². The maximum absolute atomic E-state index is 12.3. The van der Waals surface area contributed by atoms with Gasteiger partial charge in [0.05, 0.1) is 22.9 Å². The second-order valence-corrected chi connectivity index (χ2v) is 6.79. The molecule has 6 nitrogen and oxygen atoms in total. The van der Waals surface area contributed by atoms with Crippen molar-refractivity contribution in [1.82, 2.24) is 4.57 Å². The van der Waals surface area contributed by atoms with Crippen LogP contribution in [0.4, 0.5) is 0 Å². The molecule has 2 aromatic rings. The Hall–Kier alpha value is -2.32. The van der Waals surface area contributed by atoms with Crippen LogP contribution in [0.1, 0.15) is 23.4 Å². The van der Waals surface area contributed by atoms with Gasteiger partial charge in [-0.3, -0.25) is 9.36 Å². The minimum Gasteiger partial charge on any atom is -0.548 e. The van der Waals surface area contributed by atoms with Crippen molar-refractivity contribution in [3.8, 4) is 5.88 Å². The normalized spacial score (nSPS) is 14.5. The summed E-state index contributed by atoms with van der Waals surface area (Å²) in [5.41, 5.74) is 1.08. The molecule has 0 saturated carbocycles. The van der Waals surface area contributed by atoms with Crippen molar-refractivity contribution in [3.05, 3.63) is 43.2 Å². The Labute approximate surface area is 139 Å². The standard InChI is InChI=1S/C15H12N2O4S2/c1-6-4-3-5-8-9(12(18)16-10(6)8)11-13(19)17(15(22)23-11)7(2)14(20)21/h3-5,7,19H,1-2H3,(H,20,21)/p-1/t7-/m1/s1. The second kappa shape index (κ2) is 5.39. The first-order valence-corrected chi connectivity index (χ1v) is 7.94. The third-order valence-electron chi connectivity index (χ3n) is 3.71.